The quantitative estimate of drug-likeness (QED) is 0.449. The van der Waals surface area contributed by atoms with Crippen molar-refractivity contribution < 1.29 is 22.7 Å². The van der Waals surface area contributed by atoms with Crippen molar-refractivity contribution in [2.24, 2.45) is 0 Å². The van der Waals surface area contributed by atoms with Crippen LogP contribution >= 0.6 is 0 Å². The molecule has 0 bridgehead atoms. The van der Waals surface area contributed by atoms with Crippen molar-refractivity contribution >= 4 is 33.2 Å². The molecule has 1 saturated heterocycles. The first-order chi connectivity index (χ1) is 16.7. The number of likely N-dealkylation sites (N-methyl/N-ethyl adjacent to an activating group) is 1. The van der Waals surface area contributed by atoms with Gasteiger partial charge in [0.1, 0.15) is 5.75 Å². The SMILES string of the molecule is CCCNC(=O)CN(C)C(=O)c1ccc(N2CCNCC2)c(NS(=O)(=O)c2ccc(OC)cc2)c1. The lowest BCUT2D eigenvalue weighted by atomic mass is 10.1. The second kappa shape index (κ2) is 11.9. The monoisotopic (exact) mass is 503 g/mol. The largest absolute Gasteiger partial charge is 0.497 e. The smallest absolute Gasteiger partial charge is 0.261 e. The summed E-state index contributed by atoms with van der Waals surface area (Å²) in [5.74, 6) is -0.0852. The molecule has 0 saturated carbocycles. The Hall–Kier alpha value is -3.31. The average molecular weight is 504 g/mol. The summed E-state index contributed by atoms with van der Waals surface area (Å²) in [7, 11) is -0.879. The van der Waals surface area contributed by atoms with Crippen LogP contribution in [-0.2, 0) is 14.8 Å². The fourth-order valence-electron chi connectivity index (χ4n) is 3.72. The number of piperazine rings is 1. The Morgan fingerprint density at radius 2 is 1.80 bits per heavy atom. The molecule has 0 atom stereocenters. The third-order valence-electron chi connectivity index (χ3n) is 5.61. The molecule has 0 radical (unpaired) electrons. The summed E-state index contributed by atoms with van der Waals surface area (Å²) < 4.78 is 34.1. The van der Waals surface area contributed by atoms with Crippen LogP contribution in [0.5, 0.6) is 5.75 Å². The lowest BCUT2D eigenvalue weighted by Crippen LogP contribution is -2.44. The number of carbonyl (C=O) groups is 2. The molecular formula is C24H33N5O5S. The number of methoxy groups -OCH3 is 1. The van der Waals surface area contributed by atoms with Gasteiger partial charge in [0.25, 0.3) is 15.9 Å². The topological polar surface area (TPSA) is 120 Å². The zero-order valence-corrected chi connectivity index (χ0v) is 21.2. The first kappa shape index (κ1) is 26.3. The van der Waals surface area contributed by atoms with E-state index in [-0.39, 0.29) is 28.8 Å². The first-order valence-electron chi connectivity index (χ1n) is 11.5. The van der Waals surface area contributed by atoms with Gasteiger partial charge in [-0.3, -0.25) is 14.3 Å². The van der Waals surface area contributed by atoms with Crippen LogP contribution in [0.4, 0.5) is 11.4 Å². The highest BCUT2D eigenvalue weighted by atomic mass is 32.2. The molecule has 3 rings (SSSR count). The first-order valence-corrected chi connectivity index (χ1v) is 13.0. The van der Waals surface area contributed by atoms with E-state index in [4.69, 9.17) is 4.74 Å². The number of benzene rings is 2. The van der Waals surface area contributed by atoms with Crippen molar-refractivity contribution in [3.8, 4) is 5.75 Å². The van der Waals surface area contributed by atoms with E-state index in [1.807, 2.05) is 6.92 Å². The van der Waals surface area contributed by atoms with Crippen LogP contribution in [0.25, 0.3) is 0 Å². The van der Waals surface area contributed by atoms with Crippen molar-refractivity contribution in [2.45, 2.75) is 18.2 Å². The molecule has 2 aromatic carbocycles. The number of anilines is 2. The molecule has 1 aliphatic heterocycles. The van der Waals surface area contributed by atoms with Gasteiger partial charge in [-0.2, -0.15) is 0 Å². The zero-order chi connectivity index (χ0) is 25.4. The van der Waals surface area contributed by atoms with Crippen molar-refractivity contribution in [3.05, 3.63) is 48.0 Å². The molecule has 1 aliphatic rings. The number of sulfonamides is 1. The summed E-state index contributed by atoms with van der Waals surface area (Å²) >= 11 is 0. The minimum absolute atomic E-state index is 0.0750. The summed E-state index contributed by atoms with van der Waals surface area (Å²) in [5, 5.41) is 6.02. The molecule has 0 aromatic heterocycles. The molecule has 11 heteroatoms. The van der Waals surface area contributed by atoms with Gasteiger partial charge in [0.05, 0.1) is 29.9 Å². The molecular weight excluding hydrogens is 470 g/mol. The summed E-state index contributed by atoms with van der Waals surface area (Å²) in [6.07, 6.45) is 0.800. The lowest BCUT2D eigenvalue weighted by Gasteiger charge is -2.31. The zero-order valence-electron chi connectivity index (χ0n) is 20.3. The Bertz CT molecular complexity index is 1130. The van der Waals surface area contributed by atoms with Crippen molar-refractivity contribution in [3.63, 3.8) is 0 Å². The number of hydrogen-bond acceptors (Lipinski definition) is 7. The molecule has 2 aromatic rings. The number of carbonyl (C=O) groups excluding carboxylic acids is 2. The number of nitrogens with zero attached hydrogens (tertiary/aromatic N) is 2. The number of ether oxygens (including phenoxy) is 1. The number of nitrogens with one attached hydrogen (secondary N) is 3. The Labute approximate surface area is 206 Å². The van der Waals surface area contributed by atoms with E-state index in [1.165, 1.54) is 30.2 Å². The van der Waals surface area contributed by atoms with E-state index in [1.54, 1.807) is 31.3 Å². The normalized spacial score (nSPS) is 13.7. The average Bonchev–Trinajstić information content (AvgIpc) is 2.87. The maximum atomic E-state index is 13.2. The molecule has 3 N–H and O–H groups in total. The molecule has 2 amide bonds. The van der Waals surface area contributed by atoms with E-state index in [9.17, 15) is 18.0 Å². The summed E-state index contributed by atoms with van der Waals surface area (Å²) in [6, 6.07) is 11.0. The summed E-state index contributed by atoms with van der Waals surface area (Å²) in [5.41, 5.74) is 1.27. The molecule has 35 heavy (non-hydrogen) atoms. The minimum atomic E-state index is -3.93. The van der Waals surface area contributed by atoms with E-state index in [0.717, 1.165) is 19.5 Å². The maximum Gasteiger partial charge on any atom is 0.261 e. The molecule has 190 valence electrons. The van der Waals surface area contributed by atoms with E-state index in [2.05, 4.69) is 20.3 Å². The van der Waals surface area contributed by atoms with Crippen molar-refractivity contribution in [1.82, 2.24) is 15.5 Å². The van der Waals surface area contributed by atoms with Gasteiger partial charge in [0.15, 0.2) is 0 Å². The Kier molecular flexibility index (Phi) is 8.94. The van der Waals surface area contributed by atoms with Crippen molar-refractivity contribution in [2.75, 3.05) is 63.0 Å². The highest BCUT2D eigenvalue weighted by molar-refractivity contribution is 7.92. The standard InChI is InChI=1S/C24H33N5O5S/c1-4-11-26-23(30)17-28(2)24(31)18-5-10-22(29-14-12-25-13-15-29)21(16-18)27-35(32,33)20-8-6-19(34-3)7-9-20/h5-10,16,25,27H,4,11-15,17H2,1-3H3,(H,26,30). The molecule has 0 spiro atoms. The van der Waals surface area contributed by atoms with Gasteiger partial charge in [-0.05, 0) is 48.9 Å². The molecule has 1 fully saturated rings. The van der Waals surface area contributed by atoms with Gasteiger partial charge in [0, 0.05) is 45.3 Å². The fraction of sp³-hybridized carbons (Fsp3) is 0.417. The Balaban J connectivity index is 1.90. The highest BCUT2D eigenvalue weighted by Crippen LogP contribution is 2.30. The molecule has 0 aliphatic carbocycles. The number of amides is 2. The van der Waals surface area contributed by atoms with Crippen molar-refractivity contribution in [1.29, 1.82) is 0 Å². The van der Waals surface area contributed by atoms with Gasteiger partial charge in [-0.25, -0.2) is 8.42 Å². The second-order valence-corrected chi connectivity index (χ2v) is 9.94. The molecule has 1 heterocycles. The Morgan fingerprint density at radius 1 is 1.11 bits per heavy atom. The molecule has 0 unspecified atom stereocenters. The van der Waals surface area contributed by atoms with Gasteiger partial charge >= 0.3 is 0 Å². The van der Waals surface area contributed by atoms with Gasteiger partial charge < -0.3 is 25.2 Å². The summed E-state index contributed by atoms with van der Waals surface area (Å²) in [4.78, 5) is 28.5. The maximum absolute atomic E-state index is 13.2. The fourth-order valence-corrected chi connectivity index (χ4v) is 4.78. The second-order valence-electron chi connectivity index (χ2n) is 8.26. The van der Waals surface area contributed by atoms with Crippen LogP contribution in [0.1, 0.15) is 23.7 Å². The van der Waals surface area contributed by atoms with Gasteiger partial charge in [-0.15, -0.1) is 0 Å². The van der Waals surface area contributed by atoms with Gasteiger partial charge in [0.2, 0.25) is 5.91 Å². The van der Waals surface area contributed by atoms with E-state index < -0.39 is 10.0 Å². The number of hydrogen-bond donors (Lipinski definition) is 3. The van der Waals surface area contributed by atoms with Crippen LogP contribution < -0.4 is 25.0 Å². The van der Waals surface area contributed by atoms with Crippen LogP contribution in [-0.4, -0.2) is 78.6 Å². The lowest BCUT2D eigenvalue weighted by molar-refractivity contribution is -0.121. The van der Waals surface area contributed by atoms with Crippen LogP contribution in [0.15, 0.2) is 47.4 Å². The number of rotatable bonds is 10. The Morgan fingerprint density at radius 3 is 2.43 bits per heavy atom. The third kappa shape index (κ3) is 6.86. The van der Waals surface area contributed by atoms with Crippen LogP contribution in [0, 0.1) is 0 Å². The highest BCUT2D eigenvalue weighted by Gasteiger charge is 2.23. The predicted octanol–water partition coefficient (Wildman–Crippen LogP) is 1.50. The van der Waals surface area contributed by atoms with Crippen LogP contribution in [0.2, 0.25) is 0 Å². The van der Waals surface area contributed by atoms with Crippen LogP contribution in [0.3, 0.4) is 0 Å². The van der Waals surface area contributed by atoms with E-state index >= 15 is 0 Å². The van der Waals surface area contributed by atoms with Gasteiger partial charge in [-0.1, -0.05) is 6.92 Å². The minimum Gasteiger partial charge on any atom is -0.497 e. The predicted molar refractivity (Wildman–Crippen MR) is 136 cm³/mol. The molecule has 10 nitrogen and oxygen atoms in total. The third-order valence-corrected chi connectivity index (χ3v) is 7.00. The summed E-state index contributed by atoms with van der Waals surface area (Å²) in [6.45, 7) is 5.32. The van der Waals surface area contributed by atoms with E-state index in [0.29, 0.717) is 36.8 Å².